The van der Waals surface area contributed by atoms with E-state index in [9.17, 15) is 0 Å². The van der Waals surface area contributed by atoms with E-state index in [1.54, 1.807) is 12.3 Å². The highest BCUT2D eigenvalue weighted by Crippen LogP contribution is 2.20. The number of aromatic nitrogens is 1. The predicted octanol–water partition coefficient (Wildman–Crippen LogP) is 3.25. The fourth-order valence-electron chi connectivity index (χ4n) is 1.67. The molecule has 1 aromatic heterocycles. The van der Waals surface area contributed by atoms with Gasteiger partial charge in [-0.15, -0.1) is 0 Å². The van der Waals surface area contributed by atoms with Crippen LogP contribution in [0.1, 0.15) is 19.5 Å². The molecule has 0 aliphatic heterocycles. The first-order chi connectivity index (χ1) is 9.54. The minimum absolute atomic E-state index is 0.172. The van der Waals surface area contributed by atoms with E-state index in [1.165, 1.54) is 0 Å². The van der Waals surface area contributed by atoms with Crippen LogP contribution >= 0.6 is 12.2 Å². The van der Waals surface area contributed by atoms with Gasteiger partial charge in [0.1, 0.15) is 10.7 Å². The number of anilines is 2. The van der Waals surface area contributed by atoms with Crippen molar-refractivity contribution in [3.63, 3.8) is 0 Å². The Morgan fingerprint density at radius 2 is 1.80 bits per heavy atom. The molecule has 104 valence electrons. The number of rotatable bonds is 5. The van der Waals surface area contributed by atoms with Gasteiger partial charge in [-0.25, -0.2) is 0 Å². The fraction of sp³-hybridized carbons (Fsp3) is 0.200. The van der Waals surface area contributed by atoms with E-state index in [1.807, 2.05) is 44.2 Å². The highest BCUT2D eigenvalue weighted by atomic mass is 32.1. The van der Waals surface area contributed by atoms with Gasteiger partial charge in [-0.1, -0.05) is 12.2 Å². The number of thiocarbonyl (C=S) groups is 1. The third kappa shape index (κ3) is 3.93. The third-order valence-corrected chi connectivity index (χ3v) is 2.74. The molecular formula is C15H17N3OS. The molecule has 0 fully saturated rings. The molecular weight excluding hydrogens is 270 g/mol. The van der Waals surface area contributed by atoms with E-state index < -0.39 is 0 Å². The summed E-state index contributed by atoms with van der Waals surface area (Å²) in [5.74, 6) is 0.854. The van der Waals surface area contributed by atoms with E-state index >= 15 is 0 Å². The Balaban J connectivity index is 2.04. The molecule has 0 spiro atoms. The maximum absolute atomic E-state index is 5.59. The molecule has 20 heavy (non-hydrogen) atoms. The van der Waals surface area contributed by atoms with Gasteiger partial charge in [0.05, 0.1) is 23.7 Å². The van der Waals surface area contributed by atoms with Crippen LogP contribution in [0, 0.1) is 0 Å². The van der Waals surface area contributed by atoms with Crippen LogP contribution in [0.25, 0.3) is 0 Å². The van der Waals surface area contributed by atoms with Crippen molar-refractivity contribution in [1.82, 2.24) is 4.98 Å². The number of hydrogen-bond donors (Lipinski definition) is 2. The lowest BCUT2D eigenvalue weighted by molar-refractivity contribution is 0.242. The minimum Gasteiger partial charge on any atom is -0.491 e. The summed E-state index contributed by atoms with van der Waals surface area (Å²) in [6, 6.07) is 11.5. The second-order valence-electron chi connectivity index (χ2n) is 4.61. The van der Waals surface area contributed by atoms with Crippen molar-refractivity contribution in [2.75, 3.05) is 5.32 Å². The fourth-order valence-corrected chi connectivity index (χ4v) is 1.79. The zero-order valence-corrected chi connectivity index (χ0v) is 12.3. The zero-order chi connectivity index (χ0) is 14.5. The Kier molecular flexibility index (Phi) is 4.53. The Hall–Kier alpha value is -2.14. The summed E-state index contributed by atoms with van der Waals surface area (Å²) < 4.78 is 5.59. The van der Waals surface area contributed by atoms with Crippen LogP contribution in [0.3, 0.4) is 0 Å². The first-order valence-corrected chi connectivity index (χ1v) is 6.75. The van der Waals surface area contributed by atoms with Crippen molar-refractivity contribution in [2.24, 2.45) is 5.73 Å². The van der Waals surface area contributed by atoms with Crippen molar-refractivity contribution in [3.05, 3.63) is 48.3 Å². The van der Waals surface area contributed by atoms with E-state index in [0.717, 1.165) is 17.1 Å². The number of nitrogens with zero attached hydrogens (tertiary/aromatic N) is 1. The van der Waals surface area contributed by atoms with Gasteiger partial charge >= 0.3 is 0 Å². The van der Waals surface area contributed by atoms with Gasteiger partial charge in [0.2, 0.25) is 0 Å². The van der Waals surface area contributed by atoms with Crippen molar-refractivity contribution >= 4 is 28.6 Å². The van der Waals surface area contributed by atoms with Gasteiger partial charge in [0.15, 0.2) is 0 Å². The number of nitrogens with two attached hydrogens (primary N) is 1. The van der Waals surface area contributed by atoms with Crippen molar-refractivity contribution in [1.29, 1.82) is 0 Å². The molecule has 0 bridgehead atoms. The summed E-state index contributed by atoms with van der Waals surface area (Å²) in [4.78, 5) is 4.48. The lowest BCUT2D eigenvalue weighted by Crippen LogP contribution is -2.11. The number of benzene rings is 1. The summed E-state index contributed by atoms with van der Waals surface area (Å²) >= 11 is 4.86. The van der Waals surface area contributed by atoms with Gasteiger partial charge in [0.25, 0.3) is 0 Å². The minimum atomic E-state index is 0.172. The molecule has 0 aliphatic carbocycles. The van der Waals surface area contributed by atoms with Gasteiger partial charge < -0.3 is 15.8 Å². The molecule has 5 heteroatoms. The summed E-state index contributed by atoms with van der Waals surface area (Å²) in [5.41, 5.74) is 7.97. The Labute approximate surface area is 124 Å². The Morgan fingerprint density at radius 3 is 2.30 bits per heavy atom. The first kappa shape index (κ1) is 14.3. The van der Waals surface area contributed by atoms with Gasteiger partial charge in [-0.05, 0) is 50.2 Å². The topological polar surface area (TPSA) is 60.2 Å². The molecule has 2 rings (SSSR count). The van der Waals surface area contributed by atoms with Crippen molar-refractivity contribution < 1.29 is 4.74 Å². The predicted molar refractivity (Wildman–Crippen MR) is 85.6 cm³/mol. The molecule has 1 heterocycles. The lowest BCUT2D eigenvalue weighted by atomic mass is 10.2. The summed E-state index contributed by atoms with van der Waals surface area (Å²) in [5, 5.41) is 3.25. The summed E-state index contributed by atoms with van der Waals surface area (Å²) in [6.07, 6.45) is 1.87. The third-order valence-electron chi connectivity index (χ3n) is 2.53. The Bertz CT molecular complexity index is 579. The molecule has 0 saturated heterocycles. The molecule has 0 unspecified atom stereocenters. The van der Waals surface area contributed by atoms with Crippen LogP contribution in [0.5, 0.6) is 5.75 Å². The second kappa shape index (κ2) is 6.34. The zero-order valence-electron chi connectivity index (χ0n) is 11.5. The molecule has 0 atom stereocenters. The van der Waals surface area contributed by atoms with Crippen molar-refractivity contribution in [2.45, 2.75) is 20.0 Å². The van der Waals surface area contributed by atoms with Crippen LogP contribution in [-0.2, 0) is 0 Å². The maximum Gasteiger partial charge on any atom is 0.122 e. The summed E-state index contributed by atoms with van der Waals surface area (Å²) in [6.45, 7) is 4.00. The molecule has 3 N–H and O–H groups in total. The van der Waals surface area contributed by atoms with E-state index in [2.05, 4.69) is 10.3 Å². The quantitative estimate of drug-likeness (QED) is 0.827. The highest BCUT2D eigenvalue weighted by Gasteiger charge is 2.01. The Morgan fingerprint density at radius 1 is 1.15 bits per heavy atom. The van der Waals surface area contributed by atoms with Gasteiger partial charge in [-0.3, -0.25) is 4.98 Å². The molecule has 4 nitrogen and oxygen atoms in total. The second-order valence-corrected chi connectivity index (χ2v) is 5.05. The SMILES string of the molecule is CC(C)Oc1ccc(Nc2ccc(C(N)=S)nc2)cc1. The van der Waals surface area contributed by atoms with E-state index in [-0.39, 0.29) is 6.10 Å². The van der Waals surface area contributed by atoms with Crippen LogP contribution in [0.2, 0.25) is 0 Å². The molecule has 2 aromatic rings. The normalized spacial score (nSPS) is 10.3. The van der Waals surface area contributed by atoms with Crippen LogP contribution in [0.15, 0.2) is 42.6 Å². The van der Waals surface area contributed by atoms with Gasteiger partial charge in [-0.2, -0.15) is 0 Å². The number of ether oxygens (including phenoxy) is 1. The molecule has 0 saturated carbocycles. The van der Waals surface area contributed by atoms with E-state index in [0.29, 0.717) is 10.7 Å². The number of nitrogens with one attached hydrogen (secondary N) is 1. The molecule has 0 amide bonds. The van der Waals surface area contributed by atoms with Crippen molar-refractivity contribution in [3.8, 4) is 5.75 Å². The number of pyridine rings is 1. The largest absolute Gasteiger partial charge is 0.491 e. The standard InChI is InChI=1S/C15H17N3OS/c1-10(2)19-13-6-3-11(4-7-13)18-12-5-8-14(15(16)20)17-9-12/h3-10,18H,1-2H3,(H2,16,20). The number of hydrogen-bond acceptors (Lipinski definition) is 4. The monoisotopic (exact) mass is 287 g/mol. The molecule has 1 aromatic carbocycles. The van der Waals surface area contributed by atoms with Crippen LogP contribution < -0.4 is 15.8 Å². The molecule has 0 radical (unpaired) electrons. The summed E-state index contributed by atoms with van der Waals surface area (Å²) in [7, 11) is 0. The average molecular weight is 287 g/mol. The maximum atomic E-state index is 5.59. The van der Waals surface area contributed by atoms with Crippen LogP contribution in [-0.4, -0.2) is 16.1 Å². The smallest absolute Gasteiger partial charge is 0.122 e. The highest BCUT2D eigenvalue weighted by molar-refractivity contribution is 7.80. The van der Waals surface area contributed by atoms with E-state index in [4.69, 9.17) is 22.7 Å². The molecule has 0 aliphatic rings. The average Bonchev–Trinajstić information content (AvgIpc) is 2.41. The van der Waals surface area contributed by atoms with Crippen LogP contribution in [0.4, 0.5) is 11.4 Å². The first-order valence-electron chi connectivity index (χ1n) is 6.34. The van der Waals surface area contributed by atoms with Gasteiger partial charge in [0, 0.05) is 5.69 Å². The lowest BCUT2D eigenvalue weighted by Gasteiger charge is -2.11.